The van der Waals surface area contributed by atoms with E-state index in [1.54, 1.807) is 11.5 Å². The van der Waals surface area contributed by atoms with Crippen molar-refractivity contribution < 1.29 is 0 Å². The van der Waals surface area contributed by atoms with Crippen molar-refractivity contribution in [3.8, 4) is 11.3 Å². The Kier molecular flexibility index (Phi) is 2.67. The van der Waals surface area contributed by atoms with E-state index in [-0.39, 0.29) is 6.17 Å². The molecule has 1 aromatic heterocycles. The third-order valence-electron chi connectivity index (χ3n) is 3.51. The summed E-state index contributed by atoms with van der Waals surface area (Å²) in [5.74, 6) is 0. The van der Waals surface area contributed by atoms with E-state index in [0.29, 0.717) is 0 Å². The smallest absolute Gasteiger partial charge is 0.123 e. The van der Waals surface area contributed by atoms with E-state index < -0.39 is 0 Å². The molecule has 0 aliphatic carbocycles. The van der Waals surface area contributed by atoms with Gasteiger partial charge in [0.05, 0.1) is 10.4 Å². The van der Waals surface area contributed by atoms with Gasteiger partial charge >= 0.3 is 0 Å². The summed E-state index contributed by atoms with van der Waals surface area (Å²) in [6.45, 7) is 0. The zero-order valence-corrected chi connectivity index (χ0v) is 11.5. The Hall–Kier alpha value is -2.33. The Bertz CT molecular complexity index is 783. The molecule has 1 aliphatic rings. The molecule has 98 valence electrons. The number of aromatic nitrogens is 1. The maximum absolute atomic E-state index is 4.66. The summed E-state index contributed by atoms with van der Waals surface area (Å²) in [6, 6.07) is 16.8. The molecule has 3 aromatic rings. The van der Waals surface area contributed by atoms with Crippen molar-refractivity contribution in [1.82, 2.24) is 15.0 Å². The number of benzene rings is 2. The molecule has 0 saturated carbocycles. The molecule has 0 spiro atoms. The fourth-order valence-electron chi connectivity index (χ4n) is 2.56. The molecule has 2 aromatic carbocycles. The minimum Gasteiger partial charge on any atom is -0.366 e. The molecule has 1 aliphatic heterocycles. The van der Waals surface area contributed by atoms with E-state index in [2.05, 4.69) is 63.5 Å². The summed E-state index contributed by atoms with van der Waals surface area (Å²) in [6.07, 6.45) is 3.98. The molecule has 0 atom stereocenters. The Morgan fingerprint density at radius 3 is 2.55 bits per heavy atom. The SMILES string of the molecule is C1=CNC(c2ccccc2-c2nsc3ccccc23)N1. The molecule has 2 N–H and O–H groups in total. The van der Waals surface area contributed by atoms with Gasteiger partial charge in [0, 0.05) is 28.9 Å². The average Bonchev–Trinajstić information content (AvgIpc) is 3.17. The molecule has 0 fully saturated rings. The average molecular weight is 279 g/mol. The maximum Gasteiger partial charge on any atom is 0.123 e. The van der Waals surface area contributed by atoms with Gasteiger partial charge in [0.25, 0.3) is 0 Å². The summed E-state index contributed by atoms with van der Waals surface area (Å²) in [5, 5.41) is 7.83. The second-order valence-corrected chi connectivity index (χ2v) is 5.52. The van der Waals surface area contributed by atoms with E-state index in [0.717, 1.165) is 5.69 Å². The molecule has 0 saturated heterocycles. The highest BCUT2D eigenvalue weighted by molar-refractivity contribution is 7.13. The van der Waals surface area contributed by atoms with E-state index in [1.807, 2.05) is 12.4 Å². The van der Waals surface area contributed by atoms with Crippen LogP contribution in [0.25, 0.3) is 21.3 Å². The lowest BCUT2D eigenvalue weighted by Gasteiger charge is -2.16. The maximum atomic E-state index is 4.66. The van der Waals surface area contributed by atoms with Crippen LogP contribution in [0.1, 0.15) is 11.7 Å². The summed E-state index contributed by atoms with van der Waals surface area (Å²) >= 11 is 1.55. The standard InChI is InChI=1S/C16H13N3S/c1-2-6-12(16-17-9-10-18-16)11(5-1)15-13-7-3-4-8-14(13)20-19-15/h1-10,16-18H. The number of fused-ring (bicyclic) bond motifs is 1. The van der Waals surface area contributed by atoms with Gasteiger partial charge in [0.15, 0.2) is 0 Å². The zero-order valence-electron chi connectivity index (χ0n) is 10.7. The van der Waals surface area contributed by atoms with Crippen molar-refractivity contribution in [2.75, 3.05) is 0 Å². The Morgan fingerprint density at radius 2 is 1.65 bits per heavy atom. The monoisotopic (exact) mass is 279 g/mol. The van der Waals surface area contributed by atoms with Crippen molar-refractivity contribution in [1.29, 1.82) is 0 Å². The van der Waals surface area contributed by atoms with E-state index in [4.69, 9.17) is 0 Å². The summed E-state index contributed by atoms with van der Waals surface area (Å²) in [7, 11) is 0. The third kappa shape index (κ3) is 1.77. The van der Waals surface area contributed by atoms with Gasteiger partial charge in [-0.15, -0.1) is 0 Å². The first-order valence-electron chi connectivity index (χ1n) is 6.54. The quantitative estimate of drug-likeness (QED) is 0.752. The number of nitrogens with zero attached hydrogens (tertiary/aromatic N) is 1. The highest BCUT2D eigenvalue weighted by Crippen LogP contribution is 2.34. The predicted molar refractivity (Wildman–Crippen MR) is 83.2 cm³/mol. The largest absolute Gasteiger partial charge is 0.366 e. The number of rotatable bonds is 2. The Labute approximate surface area is 121 Å². The van der Waals surface area contributed by atoms with Crippen molar-refractivity contribution in [2.24, 2.45) is 0 Å². The van der Waals surface area contributed by atoms with Gasteiger partial charge < -0.3 is 10.6 Å². The molecular formula is C16H13N3S. The van der Waals surface area contributed by atoms with Gasteiger partial charge in [-0.25, -0.2) is 0 Å². The molecule has 0 radical (unpaired) electrons. The topological polar surface area (TPSA) is 37.0 Å². The van der Waals surface area contributed by atoms with Crippen LogP contribution in [0.4, 0.5) is 0 Å². The number of nitrogens with one attached hydrogen (secondary N) is 2. The van der Waals surface area contributed by atoms with Gasteiger partial charge in [-0.3, -0.25) is 0 Å². The van der Waals surface area contributed by atoms with E-state index in [1.165, 1.54) is 21.2 Å². The van der Waals surface area contributed by atoms with Crippen molar-refractivity contribution >= 4 is 21.6 Å². The van der Waals surface area contributed by atoms with E-state index >= 15 is 0 Å². The van der Waals surface area contributed by atoms with Crippen LogP contribution in [0.3, 0.4) is 0 Å². The summed E-state index contributed by atoms with van der Waals surface area (Å²) in [5.41, 5.74) is 3.46. The summed E-state index contributed by atoms with van der Waals surface area (Å²) in [4.78, 5) is 0. The fraction of sp³-hybridized carbons (Fsp3) is 0.0625. The van der Waals surface area contributed by atoms with Gasteiger partial charge in [-0.05, 0) is 17.6 Å². The van der Waals surface area contributed by atoms with Crippen LogP contribution in [0.15, 0.2) is 60.9 Å². The fourth-order valence-corrected chi connectivity index (χ4v) is 3.35. The second-order valence-electron chi connectivity index (χ2n) is 4.71. The molecule has 2 heterocycles. The molecule has 0 bridgehead atoms. The van der Waals surface area contributed by atoms with Crippen molar-refractivity contribution in [3.63, 3.8) is 0 Å². The van der Waals surface area contributed by atoms with Crippen LogP contribution < -0.4 is 10.6 Å². The summed E-state index contributed by atoms with van der Waals surface area (Å²) < 4.78 is 5.89. The molecule has 0 unspecified atom stereocenters. The van der Waals surface area contributed by atoms with Crippen LogP contribution in [0, 0.1) is 0 Å². The van der Waals surface area contributed by atoms with Crippen LogP contribution in [-0.4, -0.2) is 4.37 Å². The molecular weight excluding hydrogens is 266 g/mol. The van der Waals surface area contributed by atoms with E-state index in [9.17, 15) is 0 Å². The van der Waals surface area contributed by atoms with Gasteiger partial charge in [-0.2, -0.15) is 4.37 Å². The lowest BCUT2D eigenvalue weighted by atomic mass is 10.00. The second kappa shape index (κ2) is 4.65. The highest BCUT2D eigenvalue weighted by Gasteiger charge is 2.18. The number of hydrogen-bond donors (Lipinski definition) is 2. The normalized spacial score (nSPS) is 14.4. The predicted octanol–water partition coefficient (Wildman–Crippen LogP) is 3.63. The molecule has 4 heteroatoms. The zero-order chi connectivity index (χ0) is 13.4. The molecule has 3 nitrogen and oxygen atoms in total. The Balaban J connectivity index is 1.90. The highest BCUT2D eigenvalue weighted by atomic mass is 32.1. The lowest BCUT2D eigenvalue weighted by molar-refractivity contribution is 0.609. The van der Waals surface area contributed by atoms with Crippen LogP contribution in [0.5, 0.6) is 0 Å². The van der Waals surface area contributed by atoms with Gasteiger partial charge in [-0.1, -0.05) is 42.5 Å². The minimum atomic E-state index is 0.117. The first kappa shape index (κ1) is 11.5. The van der Waals surface area contributed by atoms with Gasteiger partial charge in [0.2, 0.25) is 0 Å². The number of hydrogen-bond acceptors (Lipinski definition) is 4. The first-order valence-corrected chi connectivity index (χ1v) is 7.32. The van der Waals surface area contributed by atoms with Crippen molar-refractivity contribution in [2.45, 2.75) is 6.17 Å². The van der Waals surface area contributed by atoms with Crippen molar-refractivity contribution in [3.05, 3.63) is 66.5 Å². The minimum absolute atomic E-state index is 0.117. The molecule has 0 amide bonds. The lowest BCUT2D eigenvalue weighted by Crippen LogP contribution is -2.21. The molecule has 20 heavy (non-hydrogen) atoms. The Morgan fingerprint density at radius 1 is 0.900 bits per heavy atom. The first-order chi connectivity index (χ1) is 9.93. The van der Waals surface area contributed by atoms with Crippen LogP contribution >= 0.6 is 11.5 Å². The molecule has 4 rings (SSSR count). The van der Waals surface area contributed by atoms with Gasteiger partial charge in [0.1, 0.15) is 6.17 Å². The third-order valence-corrected chi connectivity index (χ3v) is 4.34. The van der Waals surface area contributed by atoms with Crippen LogP contribution in [-0.2, 0) is 0 Å². The van der Waals surface area contributed by atoms with Crippen LogP contribution in [0.2, 0.25) is 0 Å².